The second-order valence-corrected chi connectivity index (χ2v) is 6.08. The number of benzene rings is 2. The summed E-state index contributed by atoms with van der Waals surface area (Å²) in [7, 11) is 0. The fraction of sp³-hybridized carbons (Fsp3) is 0.0667. The minimum atomic E-state index is -0.206. The van der Waals surface area contributed by atoms with Crippen LogP contribution >= 0.6 is 31.9 Å². The van der Waals surface area contributed by atoms with Crippen molar-refractivity contribution < 1.29 is 9.59 Å². The third kappa shape index (κ3) is 3.77. The van der Waals surface area contributed by atoms with Gasteiger partial charge < -0.3 is 5.32 Å². The second kappa shape index (κ2) is 6.33. The molecule has 0 aliphatic heterocycles. The molecule has 2 rings (SSSR count). The van der Waals surface area contributed by atoms with Crippen LogP contribution in [0.15, 0.2) is 51.4 Å². The van der Waals surface area contributed by atoms with E-state index in [0.717, 1.165) is 8.95 Å². The van der Waals surface area contributed by atoms with E-state index in [-0.39, 0.29) is 11.7 Å². The molecule has 2 aromatic rings. The van der Waals surface area contributed by atoms with Crippen LogP contribution in [0.2, 0.25) is 0 Å². The molecule has 1 amide bonds. The van der Waals surface area contributed by atoms with Gasteiger partial charge in [-0.3, -0.25) is 9.59 Å². The largest absolute Gasteiger partial charge is 0.322 e. The first-order valence-corrected chi connectivity index (χ1v) is 7.43. The second-order valence-electron chi connectivity index (χ2n) is 4.25. The zero-order valence-electron chi connectivity index (χ0n) is 10.6. The van der Waals surface area contributed by atoms with Crippen molar-refractivity contribution in [1.29, 1.82) is 0 Å². The van der Waals surface area contributed by atoms with E-state index in [0.29, 0.717) is 16.8 Å². The highest BCUT2D eigenvalue weighted by atomic mass is 79.9. The number of ketones is 1. The van der Waals surface area contributed by atoms with Gasteiger partial charge in [0.1, 0.15) is 0 Å². The molecule has 1 N–H and O–H groups in total. The number of halogens is 2. The molecular formula is C15H11Br2NO2. The average molecular weight is 397 g/mol. The molecule has 3 nitrogen and oxygen atoms in total. The Kier molecular flexibility index (Phi) is 4.73. The third-order valence-corrected chi connectivity index (χ3v) is 3.59. The molecule has 0 fully saturated rings. The zero-order valence-corrected chi connectivity index (χ0v) is 13.8. The van der Waals surface area contributed by atoms with Crippen LogP contribution in [0.25, 0.3) is 0 Å². The van der Waals surface area contributed by atoms with Crippen molar-refractivity contribution in [3.63, 3.8) is 0 Å². The molecule has 5 heteroatoms. The van der Waals surface area contributed by atoms with Crippen LogP contribution in [0.4, 0.5) is 5.69 Å². The van der Waals surface area contributed by atoms with Crippen molar-refractivity contribution in [2.75, 3.05) is 5.32 Å². The number of carbonyl (C=O) groups is 2. The van der Waals surface area contributed by atoms with Crippen molar-refractivity contribution in [3.8, 4) is 0 Å². The van der Waals surface area contributed by atoms with Crippen LogP contribution in [0.5, 0.6) is 0 Å². The Hall–Kier alpha value is -1.46. The summed E-state index contributed by atoms with van der Waals surface area (Å²) in [5.74, 6) is -0.207. The maximum absolute atomic E-state index is 12.1. The van der Waals surface area contributed by atoms with E-state index in [2.05, 4.69) is 37.2 Å². The molecular weight excluding hydrogens is 386 g/mol. The Morgan fingerprint density at radius 1 is 0.900 bits per heavy atom. The van der Waals surface area contributed by atoms with Crippen molar-refractivity contribution in [2.45, 2.75) is 6.92 Å². The number of hydrogen-bond acceptors (Lipinski definition) is 2. The molecule has 0 radical (unpaired) electrons. The van der Waals surface area contributed by atoms with Crippen LogP contribution in [0.1, 0.15) is 27.6 Å². The van der Waals surface area contributed by atoms with Gasteiger partial charge in [0.25, 0.3) is 5.91 Å². The van der Waals surface area contributed by atoms with E-state index < -0.39 is 0 Å². The van der Waals surface area contributed by atoms with Gasteiger partial charge in [-0.2, -0.15) is 0 Å². The highest BCUT2D eigenvalue weighted by molar-refractivity contribution is 9.11. The average Bonchev–Trinajstić information content (AvgIpc) is 2.38. The van der Waals surface area contributed by atoms with E-state index in [1.54, 1.807) is 36.4 Å². The van der Waals surface area contributed by atoms with Gasteiger partial charge in [0.15, 0.2) is 5.78 Å². The minimum absolute atomic E-state index is 0.00111. The minimum Gasteiger partial charge on any atom is -0.322 e. The van der Waals surface area contributed by atoms with E-state index >= 15 is 0 Å². The fourth-order valence-corrected chi connectivity index (χ4v) is 2.97. The summed E-state index contributed by atoms with van der Waals surface area (Å²) in [6.45, 7) is 1.51. The van der Waals surface area contributed by atoms with Crippen LogP contribution in [0.3, 0.4) is 0 Å². The van der Waals surface area contributed by atoms with Crippen LogP contribution in [-0.4, -0.2) is 11.7 Å². The lowest BCUT2D eigenvalue weighted by molar-refractivity contribution is 0.101. The maximum atomic E-state index is 12.1. The number of amides is 1. The van der Waals surface area contributed by atoms with Gasteiger partial charge in [-0.15, -0.1) is 0 Å². The molecule has 0 aliphatic rings. The van der Waals surface area contributed by atoms with E-state index in [1.807, 2.05) is 6.07 Å². The standard InChI is InChI=1S/C15H11Br2NO2/c1-9(19)10-2-4-14(5-3-10)18-15(20)11-6-12(16)8-13(17)7-11/h2-8H,1H3,(H,18,20). The molecule has 20 heavy (non-hydrogen) atoms. The molecule has 0 unspecified atom stereocenters. The van der Waals surface area contributed by atoms with Crippen molar-refractivity contribution >= 4 is 49.2 Å². The Balaban J connectivity index is 2.16. The van der Waals surface area contributed by atoms with Gasteiger partial charge in [0.2, 0.25) is 0 Å². The smallest absolute Gasteiger partial charge is 0.255 e. The highest BCUT2D eigenvalue weighted by Crippen LogP contribution is 2.21. The Bertz CT molecular complexity index is 646. The predicted molar refractivity (Wildman–Crippen MR) is 86.2 cm³/mol. The number of anilines is 1. The summed E-state index contributed by atoms with van der Waals surface area (Å²) < 4.78 is 1.65. The Morgan fingerprint density at radius 3 is 1.95 bits per heavy atom. The van der Waals surface area contributed by atoms with Gasteiger partial charge in [0, 0.05) is 25.8 Å². The summed E-state index contributed by atoms with van der Waals surface area (Å²) in [6, 6.07) is 12.1. The molecule has 0 bridgehead atoms. The summed E-state index contributed by atoms with van der Waals surface area (Å²) in [5, 5.41) is 2.79. The van der Waals surface area contributed by atoms with Gasteiger partial charge in [0.05, 0.1) is 0 Å². The van der Waals surface area contributed by atoms with Crippen LogP contribution in [-0.2, 0) is 0 Å². The molecule has 0 saturated heterocycles. The highest BCUT2D eigenvalue weighted by Gasteiger charge is 2.08. The molecule has 0 atom stereocenters. The molecule has 102 valence electrons. The molecule has 2 aromatic carbocycles. The summed E-state index contributed by atoms with van der Waals surface area (Å²) in [6.07, 6.45) is 0. The summed E-state index contributed by atoms with van der Waals surface area (Å²) in [4.78, 5) is 23.3. The van der Waals surface area contributed by atoms with E-state index in [1.165, 1.54) is 6.92 Å². The number of Topliss-reactive ketones (excluding diaryl/α,β-unsaturated/α-hetero) is 1. The number of hydrogen-bond donors (Lipinski definition) is 1. The predicted octanol–water partition coefficient (Wildman–Crippen LogP) is 4.67. The molecule has 0 saturated carbocycles. The van der Waals surface area contributed by atoms with Gasteiger partial charge >= 0.3 is 0 Å². The fourth-order valence-electron chi connectivity index (χ4n) is 1.68. The van der Waals surface area contributed by atoms with Crippen molar-refractivity contribution in [2.24, 2.45) is 0 Å². The first kappa shape index (κ1) is 14.9. The topological polar surface area (TPSA) is 46.2 Å². The third-order valence-electron chi connectivity index (χ3n) is 2.67. The summed E-state index contributed by atoms with van der Waals surface area (Å²) >= 11 is 6.69. The Morgan fingerprint density at radius 2 is 1.45 bits per heavy atom. The number of rotatable bonds is 3. The zero-order chi connectivity index (χ0) is 14.7. The van der Waals surface area contributed by atoms with Crippen molar-refractivity contribution in [1.82, 2.24) is 0 Å². The first-order chi connectivity index (χ1) is 9.45. The molecule has 0 spiro atoms. The van der Waals surface area contributed by atoms with Crippen LogP contribution in [0, 0.1) is 0 Å². The van der Waals surface area contributed by atoms with Crippen molar-refractivity contribution in [3.05, 3.63) is 62.5 Å². The normalized spacial score (nSPS) is 10.2. The maximum Gasteiger partial charge on any atom is 0.255 e. The first-order valence-electron chi connectivity index (χ1n) is 5.84. The van der Waals surface area contributed by atoms with Gasteiger partial charge in [-0.25, -0.2) is 0 Å². The molecule has 0 aliphatic carbocycles. The lowest BCUT2D eigenvalue weighted by Crippen LogP contribution is -2.12. The molecule has 0 heterocycles. The van der Waals surface area contributed by atoms with E-state index in [4.69, 9.17) is 0 Å². The SMILES string of the molecule is CC(=O)c1ccc(NC(=O)c2cc(Br)cc(Br)c2)cc1. The number of nitrogens with one attached hydrogen (secondary N) is 1. The lowest BCUT2D eigenvalue weighted by Gasteiger charge is -2.07. The van der Waals surface area contributed by atoms with Gasteiger partial charge in [-0.1, -0.05) is 31.9 Å². The van der Waals surface area contributed by atoms with E-state index in [9.17, 15) is 9.59 Å². The Labute approximate surface area is 133 Å². The van der Waals surface area contributed by atoms with Crippen LogP contribution < -0.4 is 5.32 Å². The monoisotopic (exact) mass is 395 g/mol. The quantitative estimate of drug-likeness (QED) is 0.766. The van der Waals surface area contributed by atoms with Gasteiger partial charge in [-0.05, 0) is 49.4 Å². The summed E-state index contributed by atoms with van der Waals surface area (Å²) in [5.41, 5.74) is 1.81. The lowest BCUT2D eigenvalue weighted by atomic mass is 10.1. The number of carbonyl (C=O) groups excluding carboxylic acids is 2. The molecule has 0 aromatic heterocycles.